The average molecular weight is 431 g/mol. The predicted molar refractivity (Wildman–Crippen MR) is 96.3 cm³/mol. The molecular formula is C19H15ClF4N2O3. The largest absolute Gasteiger partial charge is 0.573 e. The van der Waals surface area contributed by atoms with Gasteiger partial charge in [0.25, 0.3) is 11.8 Å². The van der Waals surface area contributed by atoms with Crippen molar-refractivity contribution in [1.29, 1.82) is 0 Å². The first-order chi connectivity index (χ1) is 13.6. The molecule has 10 heteroatoms. The van der Waals surface area contributed by atoms with Crippen LogP contribution >= 0.6 is 11.6 Å². The first-order valence-electron chi connectivity index (χ1n) is 8.53. The number of hydrogen-bond donors (Lipinski definition) is 0. The van der Waals surface area contributed by atoms with Crippen molar-refractivity contribution < 1.29 is 31.9 Å². The zero-order valence-electron chi connectivity index (χ0n) is 14.9. The smallest absolute Gasteiger partial charge is 0.406 e. The van der Waals surface area contributed by atoms with Gasteiger partial charge in [-0.1, -0.05) is 11.6 Å². The van der Waals surface area contributed by atoms with E-state index in [1.807, 2.05) is 0 Å². The molecule has 1 heterocycles. The third kappa shape index (κ3) is 5.17. The number of halogens is 5. The first-order valence-corrected chi connectivity index (χ1v) is 8.91. The molecule has 154 valence electrons. The summed E-state index contributed by atoms with van der Waals surface area (Å²) >= 11 is 5.82. The fourth-order valence-electron chi connectivity index (χ4n) is 2.93. The van der Waals surface area contributed by atoms with Gasteiger partial charge in [-0.25, -0.2) is 4.39 Å². The number of carbonyl (C=O) groups is 2. The van der Waals surface area contributed by atoms with Gasteiger partial charge in [-0.05, 0) is 42.5 Å². The zero-order valence-corrected chi connectivity index (χ0v) is 15.6. The summed E-state index contributed by atoms with van der Waals surface area (Å²) in [4.78, 5) is 27.9. The van der Waals surface area contributed by atoms with E-state index in [4.69, 9.17) is 11.6 Å². The van der Waals surface area contributed by atoms with Crippen molar-refractivity contribution in [2.45, 2.75) is 6.36 Å². The van der Waals surface area contributed by atoms with Crippen LogP contribution in [-0.2, 0) is 0 Å². The molecular weight excluding hydrogens is 416 g/mol. The summed E-state index contributed by atoms with van der Waals surface area (Å²) in [6.07, 6.45) is -4.81. The minimum Gasteiger partial charge on any atom is -0.406 e. The van der Waals surface area contributed by atoms with Crippen LogP contribution in [0.2, 0.25) is 5.02 Å². The lowest BCUT2D eigenvalue weighted by molar-refractivity contribution is -0.274. The van der Waals surface area contributed by atoms with Crippen molar-refractivity contribution in [1.82, 2.24) is 9.80 Å². The lowest BCUT2D eigenvalue weighted by Crippen LogP contribution is -2.50. The van der Waals surface area contributed by atoms with Crippen LogP contribution in [0.4, 0.5) is 17.6 Å². The van der Waals surface area contributed by atoms with Crippen molar-refractivity contribution in [3.8, 4) is 5.75 Å². The van der Waals surface area contributed by atoms with E-state index in [0.29, 0.717) is 0 Å². The fraction of sp³-hybridized carbons (Fsp3) is 0.263. The van der Waals surface area contributed by atoms with Gasteiger partial charge in [0.05, 0.1) is 5.56 Å². The molecule has 5 nitrogen and oxygen atoms in total. The predicted octanol–water partition coefficient (Wildman–Crippen LogP) is 3.98. The first kappa shape index (κ1) is 20.9. The number of alkyl halides is 3. The molecule has 0 saturated carbocycles. The van der Waals surface area contributed by atoms with Gasteiger partial charge in [-0.3, -0.25) is 9.59 Å². The van der Waals surface area contributed by atoms with E-state index < -0.39 is 23.8 Å². The highest BCUT2D eigenvalue weighted by Crippen LogP contribution is 2.23. The van der Waals surface area contributed by atoms with Crippen molar-refractivity contribution in [3.05, 3.63) is 64.4 Å². The molecule has 0 spiro atoms. The van der Waals surface area contributed by atoms with E-state index in [-0.39, 0.29) is 48.2 Å². The van der Waals surface area contributed by atoms with Gasteiger partial charge in [-0.2, -0.15) is 0 Å². The highest BCUT2D eigenvalue weighted by Gasteiger charge is 2.31. The Morgan fingerprint density at radius 1 is 0.897 bits per heavy atom. The standard InChI is InChI=1S/C19H15ClF4N2O3/c20-13-3-6-16(21)15(11-13)18(28)26-9-7-25(8-10-26)17(27)12-1-4-14(5-2-12)29-19(22,23)24/h1-6,11H,7-10H2. The molecule has 0 N–H and O–H groups in total. The molecule has 0 aromatic heterocycles. The van der Waals surface area contributed by atoms with Crippen molar-refractivity contribution in [2.75, 3.05) is 26.2 Å². The number of rotatable bonds is 3. The van der Waals surface area contributed by atoms with E-state index in [0.717, 1.165) is 18.2 Å². The summed E-state index contributed by atoms with van der Waals surface area (Å²) in [5.74, 6) is -2.01. The Hall–Kier alpha value is -2.81. The molecule has 2 amide bonds. The third-order valence-electron chi connectivity index (χ3n) is 4.35. The van der Waals surface area contributed by atoms with Gasteiger partial charge in [0.15, 0.2) is 0 Å². The lowest BCUT2D eigenvalue weighted by atomic mass is 10.1. The minimum atomic E-state index is -4.81. The van der Waals surface area contributed by atoms with E-state index in [1.165, 1.54) is 34.1 Å². The Balaban J connectivity index is 1.61. The quantitative estimate of drug-likeness (QED) is 0.692. The van der Waals surface area contributed by atoms with Gasteiger partial charge in [-0.15, -0.1) is 13.2 Å². The van der Waals surface area contributed by atoms with Crippen molar-refractivity contribution in [2.24, 2.45) is 0 Å². The van der Waals surface area contributed by atoms with E-state index in [1.54, 1.807) is 0 Å². The highest BCUT2D eigenvalue weighted by molar-refractivity contribution is 6.31. The van der Waals surface area contributed by atoms with Gasteiger partial charge in [0, 0.05) is 36.8 Å². The monoisotopic (exact) mass is 430 g/mol. The number of carbonyl (C=O) groups excluding carboxylic acids is 2. The molecule has 2 aromatic rings. The maximum absolute atomic E-state index is 13.9. The van der Waals surface area contributed by atoms with Gasteiger partial charge < -0.3 is 14.5 Å². The Morgan fingerprint density at radius 2 is 1.45 bits per heavy atom. The van der Waals surface area contributed by atoms with Crippen LogP contribution in [-0.4, -0.2) is 54.2 Å². The third-order valence-corrected chi connectivity index (χ3v) is 4.58. The van der Waals surface area contributed by atoms with Crippen molar-refractivity contribution in [3.63, 3.8) is 0 Å². The van der Waals surface area contributed by atoms with Crippen LogP contribution in [0.25, 0.3) is 0 Å². The minimum absolute atomic E-state index is 0.141. The number of piperazine rings is 1. The normalized spacial score (nSPS) is 14.7. The Kier molecular flexibility index (Phi) is 5.97. The maximum atomic E-state index is 13.9. The number of amides is 2. The second-order valence-corrected chi connectivity index (χ2v) is 6.72. The molecule has 29 heavy (non-hydrogen) atoms. The SMILES string of the molecule is O=C(c1ccc(OC(F)(F)F)cc1)N1CCN(C(=O)c2cc(Cl)ccc2F)CC1. The van der Waals surface area contributed by atoms with Crippen LogP contribution in [0, 0.1) is 5.82 Å². The molecule has 1 aliphatic heterocycles. The number of ether oxygens (including phenoxy) is 1. The van der Waals surface area contributed by atoms with Gasteiger partial charge in [0.2, 0.25) is 0 Å². The number of nitrogens with zero attached hydrogens (tertiary/aromatic N) is 2. The Bertz CT molecular complexity index is 911. The fourth-order valence-corrected chi connectivity index (χ4v) is 3.10. The molecule has 0 radical (unpaired) electrons. The molecule has 0 aliphatic carbocycles. The summed E-state index contributed by atoms with van der Waals surface area (Å²) in [5, 5.41) is 0.238. The average Bonchev–Trinajstić information content (AvgIpc) is 2.68. The zero-order chi connectivity index (χ0) is 21.2. The Morgan fingerprint density at radius 3 is 2.00 bits per heavy atom. The highest BCUT2D eigenvalue weighted by atomic mass is 35.5. The topological polar surface area (TPSA) is 49.9 Å². The molecule has 2 aromatic carbocycles. The van der Waals surface area contributed by atoms with Crippen LogP contribution < -0.4 is 4.74 Å². The second kappa shape index (κ2) is 8.28. The molecule has 0 unspecified atom stereocenters. The molecule has 1 saturated heterocycles. The summed E-state index contributed by atoms with van der Waals surface area (Å²) in [6.45, 7) is 0.776. The summed E-state index contributed by atoms with van der Waals surface area (Å²) < 4.78 is 54.3. The van der Waals surface area contributed by atoms with Crippen LogP contribution in [0.5, 0.6) is 5.75 Å². The number of hydrogen-bond acceptors (Lipinski definition) is 3. The summed E-state index contributed by atoms with van der Waals surface area (Å²) in [7, 11) is 0. The second-order valence-electron chi connectivity index (χ2n) is 6.28. The van der Waals surface area contributed by atoms with Gasteiger partial charge >= 0.3 is 6.36 Å². The molecule has 1 aliphatic rings. The maximum Gasteiger partial charge on any atom is 0.573 e. The molecule has 3 rings (SSSR count). The molecule has 0 atom stereocenters. The Labute approximate surface area is 168 Å². The molecule has 0 bridgehead atoms. The van der Waals surface area contributed by atoms with E-state index in [2.05, 4.69) is 4.74 Å². The summed E-state index contributed by atoms with van der Waals surface area (Å²) in [6, 6.07) is 8.30. The van der Waals surface area contributed by atoms with Crippen LogP contribution in [0.3, 0.4) is 0 Å². The van der Waals surface area contributed by atoms with Crippen LogP contribution in [0.1, 0.15) is 20.7 Å². The number of benzene rings is 2. The summed E-state index contributed by atoms with van der Waals surface area (Å²) in [5.41, 5.74) is 0.0534. The van der Waals surface area contributed by atoms with Crippen molar-refractivity contribution >= 4 is 23.4 Å². The van der Waals surface area contributed by atoms with Gasteiger partial charge in [0.1, 0.15) is 11.6 Å². The van der Waals surface area contributed by atoms with E-state index >= 15 is 0 Å². The molecule has 1 fully saturated rings. The van der Waals surface area contributed by atoms with Crippen LogP contribution in [0.15, 0.2) is 42.5 Å². The van der Waals surface area contributed by atoms with E-state index in [9.17, 15) is 27.2 Å². The lowest BCUT2D eigenvalue weighted by Gasteiger charge is -2.35.